The number of hydrogen-bond donors (Lipinski definition) is 2. The van der Waals surface area contributed by atoms with Crippen LogP contribution in [0.3, 0.4) is 0 Å². The fraction of sp³-hybridized carbons (Fsp3) is 0.381. The van der Waals surface area contributed by atoms with Crippen molar-refractivity contribution in [3.63, 3.8) is 0 Å². The van der Waals surface area contributed by atoms with Crippen molar-refractivity contribution in [3.05, 3.63) is 65.5 Å². The molecule has 3 rings (SSSR count). The molecule has 1 fully saturated rings. The highest BCUT2D eigenvalue weighted by Crippen LogP contribution is 2.39. The monoisotopic (exact) mass is 410 g/mol. The highest BCUT2D eigenvalue weighted by atomic mass is 19.4. The highest BCUT2D eigenvalue weighted by Gasteiger charge is 2.39. The van der Waals surface area contributed by atoms with Gasteiger partial charge in [-0.15, -0.1) is 0 Å². The van der Waals surface area contributed by atoms with Gasteiger partial charge < -0.3 is 15.3 Å². The summed E-state index contributed by atoms with van der Waals surface area (Å²) in [5, 5.41) is 12.4. The number of carbonyl (C=O) groups excluding carboxylic acids is 1. The van der Waals surface area contributed by atoms with Gasteiger partial charge in [-0.3, -0.25) is 0 Å². The Bertz CT molecular complexity index is 862. The lowest BCUT2D eigenvalue weighted by atomic mass is 9.73. The number of alkyl halides is 3. The fourth-order valence-corrected chi connectivity index (χ4v) is 3.69. The van der Waals surface area contributed by atoms with E-state index < -0.39 is 29.0 Å². The van der Waals surface area contributed by atoms with Crippen LogP contribution in [0.1, 0.15) is 24.0 Å². The molecular formula is C21H22F4N2O2. The maximum Gasteiger partial charge on any atom is 0.416 e. The van der Waals surface area contributed by atoms with Crippen molar-refractivity contribution in [3.8, 4) is 0 Å². The molecule has 29 heavy (non-hydrogen) atoms. The van der Waals surface area contributed by atoms with E-state index in [1.165, 1.54) is 35.2 Å². The number of aliphatic hydroxyl groups excluding tert-OH is 1. The van der Waals surface area contributed by atoms with Gasteiger partial charge in [0, 0.05) is 25.1 Å². The number of piperidine rings is 1. The number of hydrogen-bond acceptors (Lipinski definition) is 2. The van der Waals surface area contributed by atoms with Crippen LogP contribution in [-0.4, -0.2) is 35.7 Å². The van der Waals surface area contributed by atoms with Gasteiger partial charge in [0.15, 0.2) is 0 Å². The maximum absolute atomic E-state index is 13.7. The van der Waals surface area contributed by atoms with Crippen LogP contribution in [0.4, 0.5) is 28.0 Å². The molecule has 4 nitrogen and oxygen atoms in total. The van der Waals surface area contributed by atoms with Gasteiger partial charge in [-0.05, 0) is 43.0 Å². The molecule has 0 radical (unpaired) electrons. The summed E-state index contributed by atoms with van der Waals surface area (Å²) in [7, 11) is 0. The van der Waals surface area contributed by atoms with Crippen molar-refractivity contribution in [2.45, 2.75) is 25.4 Å². The molecule has 1 saturated heterocycles. The molecule has 2 aromatic carbocycles. The number of benzene rings is 2. The second-order valence-electron chi connectivity index (χ2n) is 7.39. The molecule has 0 aromatic heterocycles. The minimum Gasteiger partial charge on any atom is -0.396 e. The number of halogens is 4. The summed E-state index contributed by atoms with van der Waals surface area (Å²) in [5.74, 6) is -0.550. The second kappa shape index (κ2) is 8.41. The number of para-hydroxylation sites is 1. The predicted octanol–water partition coefficient (Wildman–Crippen LogP) is 4.69. The molecule has 0 spiro atoms. The minimum absolute atomic E-state index is 0.0654. The zero-order valence-corrected chi connectivity index (χ0v) is 15.7. The van der Waals surface area contributed by atoms with E-state index in [1.807, 2.05) is 0 Å². The molecule has 1 aliphatic rings. The first-order valence-corrected chi connectivity index (χ1v) is 9.30. The van der Waals surface area contributed by atoms with Crippen LogP contribution < -0.4 is 5.32 Å². The first-order valence-electron chi connectivity index (χ1n) is 9.30. The van der Waals surface area contributed by atoms with E-state index in [0.717, 1.165) is 6.07 Å². The number of nitrogens with zero attached hydrogens (tertiary/aromatic N) is 1. The van der Waals surface area contributed by atoms with Crippen molar-refractivity contribution < 1.29 is 27.5 Å². The molecule has 0 atom stereocenters. The summed E-state index contributed by atoms with van der Waals surface area (Å²) >= 11 is 0. The molecule has 2 amide bonds. The quantitative estimate of drug-likeness (QED) is 0.719. The topological polar surface area (TPSA) is 52.6 Å². The van der Waals surface area contributed by atoms with E-state index in [-0.39, 0.29) is 37.4 Å². The van der Waals surface area contributed by atoms with Gasteiger partial charge in [0.25, 0.3) is 0 Å². The van der Waals surface area contributed by atoms with Gasteiger partial charge in [-0.1, -0.05) is 30.3 Å². The van der Waals surface area contributed by atoms with Crippen molar-refractivity contribution in [1.29, 1.82) is 0 Å². The molecule has 1 aliphatic heterocycles. The molecule has 0 saturated carbocycles. The first kappa shape index (κ1) is 21.1. The summed E-state index contributed by atoms with van der Waals surface area (Å²) in [5.41, 5.74) is -1.24. The molecular weight excluding hydrogens is 388 g/mol. The number of rotatable bonds is 4. The highest BCUT2D eigenvalue weighted by molar-refractivity contribution is 5.89. The third kappa shape index (κ3) is 4.87. The van der Waals surface area contributed by atoms with Crippen molar-refractivity contribution in [2.75, 3.05) is 25.0 Å². The molecule has 0 aliphatic carbocycles. The molecule has 0 unspecified atom stereocenters. The smallest absolute Gasteiger partial charge is 0.396 e. The Morgan fingerprint density at radius 1 is 1.07 bits per heavy atom. The number of carbonyl (C=O) groups is 1. The predicted molar refractivity (Wildman–Crippen MR) is 101 cm³/mol. The number of urea groups is 1. The van der Waals surface area contributed by atoms with Crippen LogP contribution in [0.2, 0.25) is 0 Å². The normalized spacial score (nSPS) is 16.5. The minimum atomic E-state index is -4.46. The summed E-state index contributed by atoms with van der Waals surface area (Å²) in [6.45, 7) is 0.242. The van der Waals surface area contributed by atoms with Crippen LogP contribution >= 0.6 is 0 Å². The fourth-order valence-electron chi connectivity index (χ4n) is 3.69. The Morgan fingerprint density at radius 2 is 1.69 bits per heavy atom. The van der Waals surface area contributed by atoms with Crippen LogP contribution in [0.5, 0.6) is 0 Å². The number of likely N-dealkylation sites (tertiary alicyclic amines) is 1. The third-order valence-corrected chi connectivity index (χ3v) is 5.45. The Kier molecular flexibility index (Phi) is 6.12. The number of nitrogens with one attached hydrogen (secondary N) is 1. The van der Waals surface area contributed by atoms with Crippen LogP contribution in [0, 0.1) is 11.2 Å². The zero-order chi connectivity index (χ0) is 21.1. The summed E-state index contributed by atoms with van der Waals surface area (Å²) in [4.78, 5) is 13.9. The Morgan fingerprint density at radius 3 is 2.31 bits per heavy atom. The maximum atomic E-state index is 13.7. The first-order chi connectivity index (χ1) is 13.7. The lowest BCUT2D eigenvalue weighted by Crippen LogP contribution is -2.47. The van der Waals surface area contributed by atoms with E-state index in [2.05, 4.69) is 5.32 Å². The number of aliphatic hydroxyl groups is 1. The standard InChI is InChI=1S/C21H22F4N2O2/c22-17-7-3-4-8-18(17)26-19(29)27-11-9-20(14-28,10-12-27)13-15-5-1-2-6-16(15)21(23,24)25/h1-8,28H,9-14H2,(H,26,29). The lowest BCUT2D eigenvalue weighted by Gasteiger charge is -2.41. The Hall–Kier alpha value is -2.61. The van der Waals surface area contributed by atoms with E-state index in [1.54, 1.807) is 12.1 Å². The SMILES string of the molecule is O=C(Nc1ccccc1F)N1CCC(CO)(Cc2ccccc2C(F)(F)F)CC1. The van der Waals surface area contributed by atoms with Gasteiger partial charge in [0.2, 0.25) is 0 Å². The average Bonchev–Trinajstić information content (AvgIpc) is 2.70. The summed E-state index contributed by atoms with van der Waals surface area (Å²) < 4.78 is 53.6. The summed E-state index contributed by atoms with van der Waals surface area (Å²) in [6.07, 6.45) is -3.70. The van der Waals surface area contributed by atoms with Crippen LogP contribution in [0.15, 0.2) is 48.5 Å². The zero-order valence-electron chi connectivity index (χ0n) is 15.7. The van der Waals surface area contributed by atoms with Crippen molar-refractivity contribution in [1.82, 2.24) is 4.90 Å². The summed E-state index contributed by atoms with van der Waals surface area (Å²) in [6, 6.07) is 10.7. The van der Waals surface area contributed by atoms with E-state index in [9.17, 15) is 27.5 Å². The number of anilines is 1. The Balaban J connectivity index is 1.68. The third-order valence-electron chi connectivity index (χ3n) is 5.45. The molecule has 2 N–H and O–H groups in total. The van der Waals surface area contributed by atoms with Crippen LogP contribution in [-0.2, 0) is 12.6 Å². The van der Waals surface area contributed by atoms with E-state index >= 15 is 0 Å². The molecule has 156 valence electrons. The second-order valence-corrected chi connectivity index (χ2v) is 7.39. The van der Waals surface area contributed by atoms with Gasteiger partial charge >= 0.3 is 12.2 Å². The van der Waals surface area contributed by atoms with E-state index in [4.69, 9.17) is 0 Å². The van der Waals surface area contributed by atoms with Gasteiger partial charge in [0.1, 0.15) is 5.82 Å². The molecule has 2 aromatic rings. The Labute approximate surface area is 166 Å². The molecule has 8 heteroatoms. The average molecular weight is 410 g/mol. The van der Waals surface area contributed by atoms with Crippen molar-refractivity contribution in [2.24, 2.45) is 5.41 Å². The molecule has 0 bridgehead atoms. The van der Waals surface area contributed by atoms with E-state index in [0.29, 0.717) is 12.8 Å². The van der Waals surface area contributed by atoms with Crippen LogP contribution in [0.25, 0.3) is 0 Å². The van der Waals surface area contributed by atoms with Gasteiger partial charge in [-0.2, -0.15) is 13.2 Å². The van der Waals surface area contributed by atoms with Crippen molar-refractivity contribution >= 4 is 11.7 Å². The largest absolute Gasteiger partial charge is 0.416 e. The number of amides is 2. The van der Waals surface area contributed by atoms with Gasteiger partial charge in [-0.25, -0.2) is 9.18 Å². The molecule has 1 heterocycles. The van der Waals surface area contributed by atoms with Gasteiger partial charge in [0.05, 0.1) is 11.3 Å². The lowest BCUT2D eigenvalue weighted by molar-refractivity contribution is -0.138.